The lowest BCUT2D eigenvalue weighted by Crippen LogP contribution is -2.15. The van der Waals surface area contributed by atoms with Crippen molar-refractivity contribution in [2.75, 3.05) is 192 Å². The fraction of sp³-hybridized carbons (Fsp3) is 0.867. The van der Waals surface area contributed by atoms with Crippen LogP contribution in [0.15, 0.2) is 24.3 Å². The molecule has 15 heteroatoms. The van der Waals surface area contributed by atoms with Crippen LogP contribution in [0.4, 0.5) is 0 Å². The first kappa shape index (κ1) is 56.6. The molecule has 1 rings (SSSR count). The van der Waals surface area contributed by atoms with E-state index in [1.807, 2.05) is 0 Å². The van der Waals surface area contributed by atoms with Crippen molar-refractivity contribution in [3.8, 4) is 0 Å². The molecule has 0 atom stereocenters. The Labute approximate surface area is 362 Å². The Morgan fingerprint density at radius 2 is 0.483 bits per heavy atom. The monoisotopic (exact) mass is 865 g/mol. The van der Waals surface area contributed by atoms with Gasteiger partial charge in [0.15, 0.2) is 0 Å². The summed E-state index contributed by atoms with van der Waals surface area (Å²) in [6, 6.07) is 9.02. The first-order valence-corrected chi connectivity index (χ1v) is 22.6. The van der Waals surface area contributed by atoms with Crippen molar-refractivity contribution in [1.82, 2.24) is 0 Å². The highest BCUT2D eigenvalue weighted by atomic mass is 16.6. The van der Waals surface area contributed by atoms with Crippen LogP contribution in [-0.2, 0) is 79.2 Å². The predicted molar refractivity (Wildman–Crippen MR) is 230 cm³/mol. The summed E-state index contributed by atoms with van der Waals surface area (Å²) in [6.45, 7) is 16.6. The van der Waals surface area contributed by atoms with Gasteiger partial charge in [0.25, 0.3) is 0 Å². The summed E-state index contributed by atoms with van der Waals surface area (Å²) in [6.07, 6.45) is 11.6. The van der Waals surface area contributed by atoms with Crippen LogP contribution in [0.5, 0.6) is 0 Å². The van der Waals surface area contributed by atoms with Crippen molar-refractivity contribution in [1.29, 1.82) is 0 Å². The van der Waals surface area contributed by atoms with E-state index in [2.05, 4.69) is 31.2 Å². The zero-order valence-corrected chi connectivity index (χ0v) is 37.3. The molecule has 0 amide bonds. The lowest BCUT2D eigenvalue weighted by atomic mass is 10.0. The van der Waals surface area contributed by atoms with Gasteiger partial charge in [-0.2, -0.15) is 0 Å². The van der Waals surface area contributed by atoms with Gasteiger partial charge in [-0.1, -0.05) is 69.7 Å². The summed E-state index contributed by atoms with van der Waals surface area (Å²) in [5.74, 6) is 0. The molecule has 0 aliphatic rings. The second-order valence-corrected chi connectivity index (χ2v) is 13.7. The maximum atomic E-state index is 8.60. The van der Waals surface area contributed by atoms with Gasteiger partial charge in [0.1, 0.15) is 0 Å². The van der Waals surface area contributed by atoms with Gasteiger partial charge in [-0.3, -0.25) is 0 Å². The Hall–Kier alpha value is -1.38. The maximum Gasteiger partial charge on any atom is 0.0701 e. The third-order valence-electron chi connectivity index (χ3n) is 8.70. The SMILES string of the molecule is CCCCCCCCCc1ccc(CCOCCOCCOCCOCCOCCOCCOCCOCCOCCOCCOCCOCCOCCOCCO)cc1. The topological polar surface area (TPSA) is 149 Å². The van der Waals surface area contributed by atoms with E-state index in [-0.39, 0.29) is 6.61 Å². The molecule has 0 spiro atoms. The number of hydrogen-bond donors (Lipinski definition) is 1. The van der Waals surface area contributed by atoms with Crippen LogP contribution in [-0.4, -0.2) is 197 Å². The lowest BCUT2D eigenvalue weighted by molar-refractivity contribution is -0.0297. The molecule has 0 saturated heterocycles. The molecule has 0 heterocycles. The Morgan fingerprint density at radius 1 is 0.267 bits per heavy atom. The second kappa shape index (κ2) is 50.3. The Bertz CT molecular complexity index is 930. The molecule has 0 aromatic heterocycles. The summed E-state index contributed by atoms with van der Waals surface area (Å²) in [5.41, 5.74) is 2.76. The van der Waals surface area contributed by atoms with E-state index in [4.69, 9.17) is 71.4 Å². The molecule has 0 fully saturated rings. The predicted octanol–water partition coefficient (Wildman–Crippen LogP) is 4.75. The van der Waals surface area contributed by atoms with Crippen molar-refractivity contribution in [3.63, 3.8) is 0 Å². The molecular formula is C45H84O15. The van der Waals surface area contributed by atoms with Gasteiger partial charge in [0.2, 0.25) is 0 Å². The van der Waals surface area contributed by atoms with E-state index >= 15 is 0 Å². The minimum Gasteiger partial charge on any atom is -0.394 e. The van der Waals surface area contributed by atoms with Gasteiger partial charge in [0.05, 0.1) is 192 Å². The van der Waals surface area contributed by atoms with Crippen LogP contribution in [0, 0.1) is 0 Å². The van der Waals surface area contributed by atoms with E-state index in [1.165, 1.54) is 62.5 Å². The van der Waals surface area contributed by atoms with E-state index < -0.39 is 0 Å². The summed E-state index contributed by atoms with van der Waals surface area (Å²) in [7, 11) is 0. The molecule has 0 bridgehead atoms. The van der Waals surface area contributed by atoms with Crippen molar-refractivity contribution in [2.45, 2.75) is 64.7 Å². The molecule has 0 unspecified atom stereocenters. The van der Waals surface area contributed by atoms with Gasteiger partial charge in [-0.15, -0.1) is 0 Å². The summed E-state index contributed by atoms with van der Waals surface area (Å²) >= 11 is 0. The first-order valence-electron chi connectivity index (χ1n) is 22.6. The van der Waals surface area contributed by atoms with Gasteiger partial charge >= 0.3 is 0 Å². The van der Waals surface area contributed by atoms with Crippen LogP contribution in [0.25, 0.3) is 0 Å². The molecule has 1 N–H and O–H groups in total. The third-order valence-corrected chi connectivity index (χ3v) is 8.70. The fourth-order valence-electron chi connectivity index (χ4n) is 5.37. The van der Waals surface area contributed by atoms with Gasteiger partial charge in [-0.05, 0) is 30.4 Å². The van der Waals surface area contributed by atoms with Crippen LogP contribution >= 0.6 is 0 Å². The summed E-state index contributed by atoms with van der Waals surface area (Å²) < 4.78 is 76.8. The summed E-state index contributed by atoms with van der Waals surface area (Å²) in [5, 5.41) is 8.60. The van der Waals surface area contributed by atoms with Crippen molar-refractivity contribution >= 4 is 0 Å². The minimum absolute atomic E-state index is 0.0235. The highest BCUT2D eigenvalue weighted by molar-refractivity contribution is 5.22. The van der Waals surface area contributed by atoms with Crippen molar-refractivity contribution in [2.24, 2.45) is 0 Å². The van der Waals surface area contributed by atoms with Gasteiger partial charge in [-0.25, -0.2) is 0 Å². The number of aryl methyl sites for hydroxylation is 1. The van der Waals surface area contributed by atoms with Crippen LogP contribution in [0.2, 0.25) is 0 Å². The molecule has 0 radical (unpaired) electrons. The maximum absolute atomic E-state index is 8.60. The highest BCUT2D eigenvalue weighted by Crippen LogP contribution is 2.12. The third kappa shape index (κ3) is 44.7. The van der Waals surface area contributed by atoms with E-state index in [0.29, 0.717) is 185 Å². The molecule has 1 aromatic carbocycles. The fourth-order valence-corrected chi connectivity index (χ4v) is 5.37. The summed E-state index contributed by atoms with van der Waals surface area (Å²) in [4.78, 5) is 0. The Morgan fingerprint density at radius 3 is 0.750 bits per heavy atom. The highest BCUT2D eigenvalue weighted by Gasteiger charge is 2.00. The Balaban J connectivity index is 1.65. The van der Waals surface area contributed by atoms with E-state index in [9.17, 15) is 0 Å². The quantitative estimate of drug-likeness (QED) is 0.0898. The normalized spacial score (nSPS) is 11.6. The molecule has 0 aliphatic carbocycles. The zero-order chi connectivity index (χ0) is 42.8. The largest absolute Gasteiger partial charge is 0.394 e. The van der Waals surface area contributed by atoms with Crippen molar-refractivity contribution < 1.29 is 71.4 Å². The molecule has 0 saturated carbocycles. The first-order chi connectivity index (χ1) is 29.9. The number of benzene rings is 1. The number of aliphatic hydroxyl groups is 1. The van der Waals surface area contributed by atoms with E-state index in [0.717, 1.165) is 6.42 Å². The smallest absolute Gasteiger partial charge is 0.0701 e. The van der Waals surface area contributed by atoms with E-state index in [1.54, 1.807) is 0 Å². The molecule has 15 nitrogen and oxygen atoms in total. The zero-order valence-electron chi connectivity index (χ0n) is 37.3. The van der Waals surface area contributed by atoms with Crippen LogP contribution in [0.1, 0.15) is 63.0 Å². The average Bonchev–Trinajstić information content (AvgIpc) is 3.26. The average molecular weight is 865 g/mol. The van der Waals surface area contributed by atoms with Crippen LogP contribution in [0.3, 0.4) is 0 Å². The number of unbranched alkanes of at least 4 members (excludes halogenated alkanes) is 6. The molecular weight excluding hydrogens is 780 g/mol. The van der Waals surface area contributed by atoms with Gasteiger partial charge < -0.3 is 71.4 Å². The number of ether oxygens (including phenoxy) is 14. The standard InChI is InChI=1S/C45H84O15/c1-2-3-4-5-6-7-8-9-44-10-12-45(13-11-44)14-16-47-18-20-49-22-24-51-26-28-53-30-32-55-34-36-57-38-40-59-42-43-60-41-39-58-37-35-56-33-31-54-29-27-52-25-23-50-21-19-48-17-15-46/h10-13,46H,2-9,14-43H2,1H3. The minimum atomic E-state index is 0.0235. The molecule has 354 valence electrons. The Kier molecular flexibility index (Phi) is 47.4. The van der Waals surface area contributed by atoms with Crippen LogP contribution < -0.4 is 0 Å². The van der Waals surface area contributed by atoms with Crippen molar-refractivity contribution in [3.05, 3.63) is 35.4 Å². The lowest BCUT2D eigenvalue weighted by Gasteiger charge is -2.09. The number of hydrogen-bond acceptors (Lipinski definition) is 15. The number of rotatable bonds is 52. The number of aliphatic hydroxyl groups excluding tert-OH is 1. The molecule has 60 heavy (non-hydrogen) atoms. The molecule has 0 aliphatic heterocycles. The molecule has 1 aromatic rings. The van der Waals surface area contributed by atoms with Gasteiger partial charge in [0, 0.05) is 0 Å². The second-order valence-electron chi connectivity index (χ2n) is 13.7.